The third kappa shape index (κ3) is 7.14. The van der Waals surface area contributed by atoms with Gasteiger partial charge in [-0.1, -0.05) is 31.5 Å². The van der Waals surface area contributed by atoms with Gasteiger partial charge in [-0.05, 0) is 54.7 Å². The zero-order chi connectivity index (χ0) is 21.1. The van der Waals surface area contributed by atoms with Crippen molar-refractivity contribution in [2.45, 2.75) is 32.6 Å². The molecular formula is C23H29NO5. The normalized spacial score (nSPS) is 10.3. The minimum absolute atomic E-state index is 0.303. The molecule has 0 spiro atoms. The molecule has 2 aromatic carbocycles. The maximum absolute atomic E-state index is 12.1. The van der Waals surface area contributed by atoms with Gasteiger partial charge in [0.1, 0.15) is 0 Å². The van der Waals surface area contributed by atoms with Crippen molar-refractivity contribution in [3.8, 4) is 11.5 Å². The van der Waals surface area contributed by atoms with Gasteiger partial charge in [0.2, 0.25) is 0 Å². The zero-order valence-corrected chi connectivity index (χ0v) is 17.3. The van der Waals surface area contributed by atoms with Crippen LogP contribution in [0.5, 0.6) is 11.5 Å². The second kappa shape index (κ2) is 11.7. The van der Waals surface area contributed by atoms with E-state index in [0.717, 1.165) is 24.8 Å². The van der Waals surface area contributed by atoms with Gasteiger partial charge in [-0.2, -0.15) is 0 Å². The van der Waals surface area contributed by atoms with E-state index in [-0.39, 0.29) is 12.5 Å². The number of ether oxygens (including phenoxy) is 3. The molecule has 156 valence electrons. The standard InChI is InChI=1S/C23H29NO5/c1-4-5-6-17-7-10-19(11-8-17)23(26)29-16-22(25)24-14-13-18-9-12-20(27-2)21(15-18)28-3/h7-12,15H,4-6,13-14,16H2,1-3H3,(H,24,25). The summed E-state index contributed by atoms with van der Waals surface area (Å²) in [6, 6.07) is 12.9. The minimum atomic E-state index is -0.498. The van der Waals surface area contributed by atoms with Crippen molar-refractivity contribution in [2.75, 3.05) is 27.4 Å². The van der Waals surface area contributed by atoms with Crippen LogP contribution in [-0.2, 0) is 22.4 Å². The first-order chi connectivity index (χ1) is 14.1. The van der Waals surface area contributed by atoms with Gasteiger partial charge in [-0.25, -0.2) is 4.79 Å². The first-order valence-electron chi connectivity index (χ1n) is 9.81. The molecular weight excluding hydrogens is 370 g/mol. The molecule has 2 aromatic rings. The van der Waals surface area contributed by atoms with Gasteiger partial charge in [0.25, 0.3) is 5.91 Å². The van der Waals surface area contributed by atoms with E-state index in [4.69, 9.17) is 14.2 Å². The first kappa shape index (κ1) is 22.3. The van der Waals surface area contributed by atoms with E-state index in [9.17, 15) is 9.59 Å². The van der Waals surface area contributed by atoms with Gasteiger partial charge in [-0.15, -0.1) is 0 Å². The molecule has 0 aliphatic carbocycles. The molecule has 29 heavy (non-hydrogen) atoms. The third-order valence-corrected chi connectivity index (χ3v) is 4.53. The van der Waals surface area contributed by atoms with Crippen LogP contribution in [0.2, 0.25) is 0 Å². The Kier molecular flexibility index (Phi) is 9.02. The molecule has 6 heteroatoms. The van der Waals surface area contributed by atoms with Crippen LogP contribution in [0, 0.1) is 0 Å². The first-order valence-corrected chi connectivity index (χ1v) is 9.81. The van der Waals surface area contributed by atoms with Crippen molar-refractivity contribution in [3.63, 3.8) is 0 Å². The second-order valence-electron chi connectivity index (χ2n) is 6.67. The van der Waals surface area contributed by atoms with Crippen LogP contribution in [0.1, 0.15) is 41.3 Å². The van der Waals surface area contributed by atoms with Crippen LogP contribution >= 0.6 is 0 Å². The summed E-state index contributed by atoms with van der Waals surface area (Å²) < 4.78 is 15.6. The molecule has 1 N–H and O–H groups in total. The largest absolute Gasteiger partial charge is 0.493 e. The van der Waals surface area contributed by atoms with E-state index < -0.39 is 5.97 Å². The molecule has 0 heterocycles. The number of rotatable bonds is 11. The highest BCUT2D eigenvalue weighted by Crippen LogP contribution is 2.27. The zero-order valence-electron chi connectivity index (χ0n) is 17.3. The number of amides is 1. The lowest BCUT2D eigenvalue weighted by molar-refractivity contribution is -0.124. The maximum Gasteiger partial charge on any atom is 0.338 e. The van der Waals surface area contributed by atoms with Gasteiger partial charge in [0.05, 0.1) is 19.8 Å². The van der Waals surface area contributed by atoms with Crippen molar-refractivity contribution in [1.29, 1.82) is 0 Å². The van der Waals surface area contributed by atoms with E-state index in [2.05, 4.69) is 12.2 Å². The lowest BCUT2D eigenvalue weighted by Crippen LogP contribution is -2.30. The summed E-state index contributed by atoms with van der Waals surface area (Å²) in [5, 5.41) is 2.75. The molecule has 0 saturated heterocycles. The summed E-state index contributed by atoms with van der Waals surface area (Å²) in [6.07, 6.45) is 3.87. The van der Waals surface area contributed by atoms with Crippen LogP contribution in [0.25, 0.3) is 0 Å². The Hall–Kier alpha value is -3.02. The lowest BCUT2D eigenvalue weighted by atomic mass is 10.1. The fourth-order valence-corrected chi connectivity index (χ4v) is 2.84. The summed E-state index contributed by atoms with van der Waals surface area (Å²) in [6.45, 7) is 2.27. The average Bonchev–Trinajstić information content (AvgIpc) is 2.76. The Morgan fingerprint density at radius 2 is 1.59 bits per heavy atom. The van der Waals surface area contributed by atoms with Gasteiger partial charge >= 0.3 is 5.97 Å². The van der Waals surface area contributed by atoms with Crippen molar-refractivity contribution < 1.29 is 23.8 Å². The number of nitrogens with one attached hydrogen (secondary N) is 1. The molecule has 0 atom stereocenters. The monoisotopic (exact) mass is 399 g/mol. The van der Waals surface area contributed by atoms with Crippen LogP contribution in [0.3, 0.4) is 0 Å². The summed E-state index contributed by atoms with van der Waals surface area (Å²) in [5.74, 6) is 0.469. The molecule has 0 aliphatic rings. The number of hydrogen-bond acceptors (Lipinski definition) is 5. The molecule has 0 saturated carbocycles. The fraction of sp³-hybridized carbons (Fsp3) is 0.391. The highest BCUT2D eigenvalue weighted by molar-refractivity contribution is 5.91. The number of hydrogen-bond donors (Lipinski definition) is 1. The Morgan fingerprint density at radius 3 is 2.24 bits per heavy atom. The summed E-state index contributed by atoms with van der Waals surface area (Å²) in [5.41, 5.74) is 2.64. The number of esters is 1. The highest BCUT2D eigenvalue weighted by atomic mass is 16.5. The number of carbonyl (C=O) groups is 2. The molecule has 0 aromatic heterocycles. The van der Waals surface area contributed by atoms with Crippen LogP contribution in [0.4, 0.5) is 0 Å². The predicted molar refractivity (Wildman–Crippen MR) is 112 cm³/mol. The number of unbranched alkanes of at least 4 members (excludes halogenated alkanes) is 1. The molecule has 0 radical (unpaired) electrons. The predicted octanol–water partition coefficient (Wildman–Crippen LogP) is 3.56. The van der Waals surface area contributed by atoms with Crippen LogP contribution in [-0.4, -0.2) is 39.2 Å². The van der Waals surface area contributed by atoms with E-state index in [0.29, 0.717) is 30.0 Å². The summed E-state index contributed by atoms with van der Waals surface area (Å²) in [7, 11) is 3.16. The lowest BCUT2D eigenvalue weighted by Gasteiger charge is -2.10. The van der Waals surface area contributed by atoms with E-state index in [1.807, 2.05) is 30.3 Å². The maximum atomic E-state index is 12.1. The Bertz CT molecular complexity index is 801. The van der Waals surface area contributed by atoms with E-state index >= 15 is 0 Å². The molecule has 0 bridgehead atoms. The molecule has 0 fully saturated rings. The van der Waals surface area contributed by atoms with Gasteiger partial charge in [0.15, 0.2) is 18.1 Å². The molecule has 0 aliphatic heterocycles. The summed E-state index contributed by atoms with van der Waals surface area (Å²) in [4.78, 5) is 24.0. The van der Waals surface area contributed by atoms with Crippen molar-refractivity contribution >= 4 is 11.9 Å². The number of benzene rings is 2. The average molecular weight is 399 g/mol. The Morgan fingerprint density at radius 1 is 0.897 bits per heavy atom. The molecule has 0 unspecified atom stereocenters. The van der Waals surface area contributed by atoms with E-state index in [1.54, 1.807) is 26.4 Å². The smallest absolute Gasteiger partial charge is 0.338 e. The van der Waals surface area contributed by atoms with Crippen LogP contribution < -0.4 is 14.8 Å². The van der Waals surface area contributed by atoms with Crippen LogP contribution in [0.15, 0.2) is 42.5 Å². The topological polar surface area (TPSA) is 73.9 Å². The number of carbonyl (C=O) groups excluding carboxylic acids is 2. The Balaban J connectivity index is 1.73. The second-order valence-corrected chi connectivity index (χ2v) is 6.67. The van der Waals surface area contributed by atoms with Crippen molar-refractivity contribution in [3.05, 3.63) is 59.2 Å². The minimum Gasteiger partial charge on any atom is -0.493 e. The Labute approximate surface area is 172 Å². The quantitative estimate of drug-likeness (QED) is 0.585. The third-order valence-electron chi connectivity index (χ3n) is 4.53. The van der Waals surface area contributed by atoms with Gasteiger partial charge in [-0.3, -0.25) is 4.79 Å². The molecule has 6 nitrogen and oxygen atoms in total. The van der Waals surface area contributed by atoms with Gasteiger partial charge in [0, 0.05) is 6.54 Å². The fourth-order valence-electron chi connectivity index (χ4n) is 2.84. The van der Waals surface area contributed by atoms with Crippen molar-refractivity contribution in [1.82, 2.24) is 5.32 Å². The molecule has 2 rings (SSSR count). The molecule has 1 amide bonds. The highest BCUT2D eigenvalue weighted by Gasteiger charge is 2.10. The number of aryl methyl sites for hydroxylation is 1. The SMILES string of the molecule is CCCCc1ccc(C(=O)OCC(=O)NCCc2ccc(OC)c(OC)c2)cc1. The van der Waals surface area contributed by atoms with Crippen molar-refractivity contribution in [2.24, 2.45) is 0 Å². The number of methoxy groups -OCH3 is 2. The van der Waals surface area contributed by atoms with Gasteiger partial charge < -0.3 is 19.5 Å². The summed E-state index contributed by atoms with van der Waals surface area (Å²) >= 11 is 0. The van der Waals surface area contributed by atoms with E-state index in [1.165, 1.54) is 5.56 Å².